The molecule has 2 N–H and O–H groups in total. The van der Waals surface area contributed by atoms with Crippen molar-refractivity contribution in [1.82, 2.24) is 4.90 Å². The molecule has 0 bridgehead atoms. The van der Waals surface area contributed by atoms with E-state index in [2.05, 4.69) is 10.2 Å². The Morgan fingerprint density at radius 1 is 1.38 bits per heavy atom. The molecule has 0 amide bonds. The molecule has 5 atom stereocenters. The molecule has 0 saturated carbocycles. The molecular formula is C20H22N2O4. The summed E-state index contributed by atoms with van der Waals surface area (Å²) in [5.41, 5.74) is 1.37. The van der Waals surface area contributed by atoms with Crippen molar-refractivity contribution in [2.24, 2.45) is 11.8 Å². The van der Waals surface area contributed by atoms with Crippen LogP contribution in [0.4, 0.5) is 5.69 Å². The first kappa shape index (κ1) is 15.9. The number of fused-ring (bicyclic) bond motifs is 4. The number of aliphatic carboxylic acids is 1. The van der Waals surface area contributed by atoms with E-state index in [-0.39, 0.29) is 29.8 Å². The summed E-state index contributed by atoms with van der Waals surface area (Å²) in [6.07, 6.45) is 2.84. The fourth-order valence-corrected chi connectivity index (χ4v) is 5.49. The van der Waals surface area contributed by atoms with Gasteiger partial charge in [0.05, 0.1) is 17.9 Å². The maximum atomic E-state index is 13.3. The van der Waals surface area contributed by atoms with E-state index in [0.29, 0.717) is 12.0 Å². The van der Waals surface area contributed by atoms with E-state index in [1.54, 1.807) is 0 Å². The van der Waals surface area contributed by atoms with Gasteiger partial charge >= 0.3 is 5.97 Å². The summed E-state index contributed by atoms with van der Waals surface area (Å²) >= 11 is 0. The number of piperidine rings is 1. The number of ether oxygens (including phenoxy) is 1. The van der Waals surface area contributed by atoms with Gasteiger partial charge in [0, 0.05) is 42.2 Å². The zero-order chi connectivity index (χ0) is 18.1. The Hall–Kier alpha value is -2.34. The summed E-state index contributed by atoms with van der Waals surface area (Å²) in [7, 11) is 0. The number of carbonyl (C=O) groups is 2. The minimum atomic E-state index is -0.915. The number of anilines is 1. The number of nitrogens with one attached hydrogen (secondary N) is 1. The summed E-state index contributed by atoms with van der Waals surface area (Å²) in [5, 5.41) is 13.1. The van der Waals surface area contributed by atoms with Crippen LogP contribution in [0, 0.1) is 11.8 Å². The molecule has 26 heavy (non-hydrogen) atoms. The number of carboxylic acids is 1. The fraction of sp³-hybridized carbons (Fsp3) is 0.500. The maximum absolute atomic E-state index is 13.3. The summed E-state index contributed by atoms with van der Waals surface area (Å²) in [4.78, 5) is 27.4. The lowest BCUT2D eigenvalue weighted by Crippen LogP contribution is -2.59. The number of Topliss-reactive ketones (excluding diaryl/α,β-unsaturated/α-hetero) is 1. The Bertz CT molecular complexity index is 835. The highest BCUT2D eigenvalue weighted by molar-refractivity contribution is 6.14. The van der Waals surface area contributed by atoms with Crippen LogP contribution < -0.4 is 5.32 Å². The minimum Gasteiger partial charge on any atom is -0.497 e. The van der Waals surface area contributed by atoms with Crippen LogP contribution in [0.25, 0.3) is 0 Å². The van der Waals surface area contributed by atoms with Crippen LogP contribution in [0.2, 0.25) is 0 Å². The molecule has 1 spiro atoms. The largest absolute Gasteiger partial charge is 0.497 e. The highest BCUT2D eigenvalue weighted by Gasteiger charge is 2.60. The van der Waals surface area contributed by atoms with Crippen LogP contribution >= 0.6 is 0 Å². The number of hydrogen-bond acceptors (Lipinski definition) is 5. The second-order valence-corrected chi connectivity index (χ2v) is 7.96. The molecule has 4 aliphatic rings. The van der Waals surface area contributed by atoms with Gasteiger partial charge in [0.15, 0.2) is 5.78 Å². The Morgan fingerprint density at radius 2 is 2.19 bits per heavy atom. The lowest BCUT2D eigenvalue weighted by molar-refractivity contribution is -0.135. The van der Waals surface area contributed by atoms with E-state index in [9.17, 15) is 14.7 Å². The normalized spacial score (nSPS) is 38.0. The van der Waals surface area contributed by atoms with Gasteiger partial charge in [0.1, 0.15) is 5.54 Å². The lowest BCUT2D eigenvalue weighted by Gasteiger charge is -2.47. The van der Waals surface area contributed by atoms with Crippen molar-refractivity contribution in [3.05, 3.63) is 41.7 Å². The number of rotatable bonds is 1. The third-order valence-corrected chi connectivity index (χ3v) is 6.84. The SMILES string of the molecule is C[C@@H]1OC=C(C(=O)O)[C@H]2C[C@H]3N(CC[C@]34Nc3ccccc3C4=O)C[C@@H]12. The number of benzene rings is 1. The monoisotopic (exact) mass is 354 g/mol. The minimum absolute atomic E-state index is 0.00923. The predicted octanol–water partition coefficient (Wildman–Crippen LogP) is 2.13. The number of ketones is 1. The van der Waals surface area contributed by atoms with Crippen molar-refractivity contribution in [1.29, 1.82) is 0 Å². The van der Waals surface area contributed by atoms with Gasteiger partial charge in [0.25, 0.3) is 0 Å². The van der Waals surface area contributed by atoms with Gasteiger partial charge in [-0.05, 0) is 31.9 Å². The van der Waals surface area contributed by atoms with Gasteiger partial charge in [-0.15, -0.1) is 0 Å². The second kappa shape index (κ2) is 5.33. The second-order valence-electron chi connectivity index (χ2n) is 7.96. The van der Waals surface area contributed by atoms with Crippen molar-refractivity contribution >= 4 is 17.4 Å². The molecule has 0 unspecified atom stereocenters. The van der Waals surface area contributed by atoms with Crippen LogP contribution in [0.15, 0.2) is 36.1 Å². The molecule has 1 aromatic rings. The molecule has 2 saturated heterocycles. The first-order chi connectivity index (χ1) is 12.5. The van der Waals surface area contributed by atoms with Gasteiger partial charge < -0.3 is 15.2 Å². The highest BCUT2D eigenvalue weighted by atomic mass is 16.5. The third kappa shape index (κ3) is 1.96. The van der Waals surface area contributed by atoms with E-state index in [1.807, 2.05) is 31.2 Å². The average Bonchev–Trinajstić information content (AvgIpc) is 3.13. The van der Waals surface area contributed by atoms with Gasteiger partial charge in [-0.2, -0.15) is 0 Å². The summed E-state index contributed by atoms with van der Waals surface area (Å²) in [6.45, 7) is 3.63. The first-order valence-electron chi connectivity index (χ1n) is 9.26. The molecular weight excluding hydrogens is 332 g/mol. The quantitative estimate of drug-likeness (QED) is 0.804. The first-order valence-corrected chi connectivity index (χ1v) is 9.26. The zero-order valence-corrected chi connectivity index (χ0v) is 14.6. The molecule has 6 nitrogen and oxygen atoms in total. The Morgan fingerprint density at radius 3 is 2.96 bits per heavy atom. The van der Waals surface area contributed by atoms with Crippen molar-refractivity contribution in [2.45, 2.75) is 37.5 Å². The third-order valence-electron chi connectivity index (χ3n) is 6.84. The predicted molar refractivity (Wildman–Crippen MR) is 95.0 cm³/mol. The number of hydrogen-bond donors (Lipinski definition) is 2. The van der Waals surface area contributed by atoms with Crippen LogP contribution in [0.5, 0.6) is 0 Å². The average molecular weight is 354 g/mol. The lowest BCUT2D eigenvalue weighted by atomic mass is 9.70. The van der Waals surface area contributed by atoms with Gasteiger partial charge in [-0.3, -0.25) is 9.69 Å². The Kier molecular flexibility index (Phi) is 3.26. The van der Waals surface area contributed by atoms with Crippen LogP contribution in [0.1, 0.15) is 30.1 Å². The van der Waals surface area contributed by atoms with Crippen molar-refractivity contribution in [3.63, 3.8) is 0 Å². The van der Waals surface area contributed by atoms with E-state index >= 15 is 0 Å². The van der Waals surface area contributed by atoms with Gasteiger partial charge in [-0.25, -0.2) is 4.79 Å². The molecule has 6 heteroatoms. The van der Waals surface area contributed by atoms with E-state index in [1.165, 1.54) is 6.26 Å². The highest BCUT2D eigenvalue weighted by Crippen LogP contribution is 2.49. The van der Waals surface area contributed by atoms with Gasteiger partial charge in [-0.1, -0.05) is 12.1 Å². The Balaban J connectivity index is 1.52. The summed E-state index contributed by atoms with van der Waals surface area (Å²) in [6, 6.07) is 7.68. The molecule has 0 aromatic heterocycles. The molecule has 4 heterocycles. The molecule has 0 radical (unpaired) electrons. The molecule has 136 valence electrons. The van der Waals surface area contributed by atoms with Gasteiger partial charge in [0.2, 0.25) is 0 Å². The van der Waals surface area contributed by atoms with E-state index in [4.69, 9.17) is 4.74 Å². The Labute approximate surface area is 151 Å². The van der Waals surface area contributed by atoms with Crippen molar-refractivity contribution in [2.75, 3.05) is 18.4 Å². The molecule has 1 aromatic carbocycles. The molecule has 5 rings (SSSR count). The van der Waals surface area contributed by atoms with Crippen LogP contribution in [0.3, 0.4) is 0 Å². The van der Waals surface area contributed by atoms with E-state index < -0.39 is 11.5 Å². The standard InChI is InChI=1S/C20H22N2O4/c1-11-14-9-22-7-6-20(18(23)12-4-2-3-5-16(12)21-20)17(22)8-13(14)15(10-26-11)19(24)25/h2-5,10-11,13-14,17,21H,6-9H2,1H3,(H,24,25)/t11-,13-,14-,17+,20-/m0/s1. The van der Waals surface area contributed by atoms with Crippen LogP contribution in [-0.2, 0) is 9.53 Å². The zero-order valence-electron chi connectivity index (χ0n) is 14.6. The smallest absolute Gasteiger partial charge is 0.334 e. The number of carbonyl (C=O) groups excluding carboxylic acids is 1. The summed E-state index contributed by atoms with van der Waals surface area (Å²) in [5.74, 6) is -0.691. The number of para-hydroxylation sites is 1. The molecule has 2 fully saturated rings. The van der Waals surface area contributed by atoms with Crippen LogP contribution in [-0.4, -0.2) is 52.5 Å². The van der Waals surface area contributed by atoms with Crippen molar-refractivity contribution < 1.29 is 19.4 Å². The summed E-state index contributed by atoms with van der Waals surface area (Å²) < 4.78 is 5.61. The van der Waals surface area contributed by atoms with Crippen molar-refractivity contribution in [3.8, 4) is 0 Å². The maximum Gasteiger partial charge on any atom is 0.334 e. The fourth-order valence-electron chi connectivity index (χ4n) is 5.49. The number of carboxylic acid groups (broad SMARTS) is 1. The topological polar surface area (TPSA) is 78.9 Å². The number of nitrogens with zero attached hydrogens (tertiary/aromatic N) is 1. The molecule has 0 aliphatic carbocycles. The molecule has 4 aliphatic heterocycles. The van der Waals surface area contributed by atoms with E-state index in [0.717, 1.165) is 30.8 Å².